The molecular weight excluding hydrogens is 346 g/mol. The summed E-state index contributed by atoms with van der Waals surface area (Å²) < 4.78 is 28.0. The van der Waals surface area contributed by atoms with Gasteiger partial charge in [-0.25, -0.2) is 8.42 Å². The summed E-state index contributed by atoms with van der Waals surface area (Å²) >= 11 is 3.30. The number of nitrogens with zero attached hydrogens (tertiary/aromatic N) is 1. The quantitative estimate of drug-likeness (QED) is 0.778. The van der Waals surface area contributed by atoms with E-state index in [2.05, 4.69) is 30.8 Å². The van der Waals surface area contributed by atoms with E-state index in [9.17, 15) is 13.5 Å². The molecule has 108 valence electrons. The largest absolute Gasteiger partial charge is 0.390 e. The zero-order chi connectivity index (χ0) is 14.9. The fourth-order valence-corrected chi connectivity index (χ4v) is 3.75. The number of aliphatic hydroxyl groups excluding tert-OH is 1. The molecule has 0 radical (unpaired) electrons. The van der Waals surface area contributed by atoms with Crippen LogP contribution in [-0.4, -0.2) is 23.7 Å². The van der Waals surface area contributed by atoms with Crippen LogP contribution in [0.25, 0.3) is 0 Å². The molecule has 2 aromatic rings. The predicted molar refractivity (Wildman–Crippen MR) is 78.9 cm³/mol. The van der Waals surface area contributed by atoms with Crippen LogP contribution in [0.15, 0.2) is 27.6 Å². The highest BCUT2D eigenvalue weighted by atomic mass is 79.9. The molecule has 1 heterocycles. The number of halogens is 1. The van der Waals surface area contributed by atoms with Crippen molar-refractivity contribution in [2.24, 2.45) is 0 Å². The molecule has 0 amide bonds. The summed E-state index contributed by atoms with van der Waals surface area (Å²) in [7, 11) is -3.82. The molecule has 0 bridgehead atoms. The number of H-pyrrole nitrogens is 1. The second kappa shape index (κ2) is 5.55. The van der Waals surface area contributed by atoms with Crippen LogP contribution in [0, 0.1) is 13.8 Å². The fourth-order valence-electron chi connectivity index (χ4n) is 1.85. The first-order valence-electron chi connectivity index (χ1n) is 5.79. The lowest BCUT2D eigenvalue weighted by Gasteiger charge is -2.11. The van der Waals surface area contributed by atoms with Crippen molar-refractivity contribution in [3.8, 4) is 0 Å². The maximum Gasteiger partial charge on any atom is 0.265 e. The van der Waals surface area contributed by atoms with Gasteiger partial charge in [0.2, 0.25) is 0 Å². The van der Waals surface area contributed by atoms with Crippen LogP contribution in [0.2, 0.25) is 0 Å². The van der Waals surface area contributed by atoms with Crippen LogP contribution in [0.4, 0.5) is 5.69 Å². The molecule has 0 atom stereocenters. The van der Waals surface area contributed by atoms with Crippen molar-refractivity contribution in [3.63, 3.8) is 0 Å². The molecular formula is C12H14BrN3O3S. The highest BCUT2D eigenvalue weighted by molar-refractivity contribution is 9.10. The Morgan fingerprint density at radius 2 is 2.10 bits per heavy atom. The third kappa shape index (κ3) is 2.87. The van der Waals surface area contributed by atoms with Crippen molar-refractivity contribution in [2.75, 3.05) is 4.72 Å². The summed E-state index contributed by atoms with van der Waals surface area (Å²) in [5, 5.41) is 15.5. The number of rotatable bonds is 4. The SMILES string of the molecule is Cc1ccc(Br)c(NS(=O)(=O)c2c(CO)n[nH]c2C)c1. The van der Waals surface area contributed by atoms with Gasteiger partial charge in [0.25, 0.3) is 10.0 Å². The highest BCUT2D eigenvalue weighted by Crippen LogP contribution is 2.27. The Balaban J connectivity index is 2.46. The minimum atomic E-state index is -3.82. The average molecular weight is 360 g/mol. The van der Waals surface area contributed by atoms with E-state index in [1.54, 1.807) is 19.1 Å². The van der Waals surface area contributed by atoms with Crippen LogP contribution < -0.4 is 4.72 Å². The lowest BCUT2D eigenvalue weighted by Crippen LogP contribution is -2.15. The number of hydrogen-bond donors (Lipinski definition) is 3. The number of sulfonamides is 1. The Morgan fingerprint density at radius 1 is 1.40 bits per heavy atom. The predicted octanol–water partition coefficient (Wildman–Crippen LogP) is 2.08. The summed E-state index contributed by atoms with van der Waals surface area (Å²) in [4.78, 5) is -0.0200. The summed E-state index contributed by atoms with van der Waals surface area (Å²) in [5.74, 6) is 0. The summed E-state index contributed by atoms with van der Waals surface area (Å²) in [5.41, 5.74) is 1.84. The van der Waals surface area contributed by atoms with Crippen molar-refractivity contribution >= 4 is 31.6 Å². The van der Waals surface area contributed by atoms with Crippen LogP contribution in [0.3, 0.4) is 0 Å². The van der Waals surface area contributed by atoms with Crippen molar-refractivity contribution in [1.29, 1.82) is 0 Å². The first kappa shape index (κ1) is 15.0. The molecule has 8 heteroatoms. The van der Waals surface area contributed by atoms with Crippen LogP contribution in [0.5, 0.6) is 0 Å². The Morgan fingerprint density at radius 3 is 2.75 bits per heavy atom. The monoisotopic (exact) mass is 359 g/mol. The van der Waals surface area contributed by atoms with Gasteiger partial charge < -0.3 is 5.11 Å². The van der Waals surface area contributed by atoms with E-state index in [0.29, 0.717) is 15.9 Å². The third-order valence-corrected chi connectivity index (χ3v) is 5.01. The summed E-state index contributed by atoms with van der Waals surface area (Å²) in [6, 6.07) is 5.35. The van der Waals surface area contributed by atoms with Gasteiger partial charge in [0.15, 0.2) is 0 Å². The first-order chi connectivity index (χ1) is 9.35. The van der Waals surface area contributed by atoms with Gasteiger partial charge in [-0.3, -0.25) is 9.82 Å². The lowest BCUT2D eigenvalue weighted by atomic mass is 10.2. The Bertz CT molecular complexity index is 740. The van der Waals surface area contributed by atoms with Gasteiger partial charge in [0.05, 0.1) is 18.0 Å². The smallest absolute Gasteiger partial charge is 0.265 e. The van der Waals surface area contributed by atoms with E-state index in [1.807, 2.05) is 13.0 Å². The van der Waals surface area contributed by atoms with Crippen molar-refractivity contribution < 1.29 is 13.5 Å². The maximum atomic E-state index is 12.4. The molecule has 0 spiro atoms. The number of nitrogens with one attached hydrogen (secondary N) is 2. The van der Waals surface area contributed by atoms with Crippen LogP contribution >= 0.6 is 15.9 Å². The Hall–Kier alpha value is -1.38. The minimum Gasteiger partial charge on any atom is -0.390 e. The van der Waals surface area contributed by atoms with E-state index < -0.39 is 16.6 Å². The van der Waals surface area contributed by atoms with Gasteiger partial charge in [-0.1, -0.05) is 6.07 Å². The number of aliphatic hydroxyl groups is 1. The van der Waals surface area contributed by atoms with E-state index in [-0.39, 0.29) is 10.6 Å². The van der Waals surface area contributed by atoms with Gasteiger partial charge in [0.1, 0.15) is 10.6 Å². The molecule has 0 aliphatic rings. The number of anilines is 1. The van der Waals surface area contributed by atoms with Crippen molar-refractivity contribution in [3.05, 3.63) is 39.6 Å². The zero-order valence-electron chi connectivity index (χ0n) is 10.9. The average Bonchev–Trinajstić information content (AvgIpc) is 2.75. The first-order valence-corrected chi connectivity index (χ1v) is 8.06. The van der Waals surface area contributed by atoms with Crippen LogP contribution in [-0.2, 0) is 16.6 Å². The highest BCUT2D eigenvalue weighted by Gasteiger charge is 2.24. The van der Waals surface area contributed by atoms with Gasteiger partial charge in [-0.05, 0) is 47.5 Å². The molecule has 0 aliphatic carbocycles. The third-order valence-electron chi connectivity index (χ3n) is 2.75. The standard InChI is InChI=1S/C12H14BrN3O3S/c1-7-3-4-9(13)10(5-7)16-20(18,19)12-8(2)14-15-11(12)6-17/h3-5,16-17H,6H2,1-2H3,(H,14,15). The number of benzene rings is 1. The second-order valence-electron chi connectivity index (χ2n) is 4.37. The van der Waals surface area contributed by atoms with Crippen LogP contribution in [0.1, 0.15) is 17.0 Å². The van der Waals surface area contributed by atoms with Gasteiger partial charge in [0, 0.05) is 4.47 Å². The molecule has 0 saturated carbocycles. The van der Waals surface area contributed by atoms with Gasteiger partial charge >= 0.3 is 0 Å². The molecule has 0 saturated heterocycles. The van der Waals surface area contributed by atoms with E-state index in [1.165, 1.54) is 0 Å². The fraction of sp³-hybridized carbons (Fsp3) is 0.250. The van der Waals surface area contributed by atoms with Crippen molar-refractivity contribution in [2.45, 2.75) is 25.3 Å². The molecule has 0 fully saturated rings. The number of aromatic nitrogens is 2. The lowest BCUT2D eigenvalue weighted by molar-refractivity contribution is 0.273. The molecule has 0 unspecified atom stereocenters. The minimum absolute atomic E-state index is 0.0200. The molecule has 6 nitrogen and oxygen atoms in total. The number of aromatic amines is 1. The molecule has 3 N–H and O–H groups in total. The maximum absolute atomic E-state index is 12.4. The Labute approximate surface area is 125 Å². The second-order valence-corrected chi connectivity index (χ2v) is 6.84. The van der Waals surface area contributed by atoms with E-state index in [0.717, 1.165) is 5.56 Å². The summed E-state index contributed by atoms with van der Waals surface area (Å²) in [6.07, 6.45) is 0. The summed E-state index contributed by atoms with van der Waals surface area (Å²) in [6.45, 7) is 3.01. The molecule has 1 aromatic carbocycles. The number of aryl methyl sites for hydroxylation is 2. The number of hydrogen-bond acceptors (Lipinski definition) is 4. The normalized spacial score (nSPS) is 11.6. The zero-order valence-corrected chi connectivity index (χ0v) is 13.3. The molecule has 1 aromatic heterocycles. The Kier molecular flexibility index (Phi) is 4.17. The molecule has 0 aliphatic heterocycles. The van der Waals surface area contributed by atoms with Gasteiger partial charge in [-0.15, -0.1) is 0 Å². The van der Waals surface area contributed by atoms with E-state index in [4.69, 9.17) is 0 Å². The molecule has 20 heavy (non-hydrogen) atoms. The molecule has 2 rings (SSSR count). The van der Waals surface area contributed by atoms with Crippen molar-refractivity contribution in [1.82, 2.24) is 10.2 Å². The topological polar surface area (TPSA) is 95.1 Å². The van der Waals surface area contributed by atoms with E-state index >= 15 is 0 Å². The van der Waals surface area contributed by atoms with Gasteiger partial charge in [-0.2, -0.15) is 5.10 Å².